The van der Waals surface area contributed by atoms with E-state index in [-0.39, 0.29) is 23.9 Å². The number of nitrogens with zero attached hydrogens (tertiary/aromatic N) is 2. The normalized spacial score (nSPS) is 19.9. The molecule has 0 spiro atoms. The first kappa shape index (κ1) is 11.0. The average molecular weight is 222 g/mol. The Morgan fingerprint density at radius 2 is 2.50 bits per heavy atom. The van der Waals surface area contributed by atoms with E-state index in [0.717, 1.165) is 12.0 Å². The summed E-state index contributed by atoms with van der Waals surface area (Å²) in [6.45, 7) is 3.05. The zero-order chi connectivity index (χ0) is 11.5. The fourth-order valence-electron chi connectivity index (χ4n) is 1.76. The van der Waals surface area contributed by atoms with Crippen molar-refractivity contribution in [2.45, 2.75) is 19.9 Å². The van der Waals surface area contributed by atoms with E-state index in [1.807, 2.05) is 6.92 Å². The van der Waals surface area contributed by atoms with Crippen molar-refractivity contribution in [2.75, 3.05) is 13.2 Å². The van der Waals surface area contributed by atoms with E-state index in [9.17, 15) is 9.59 Å². The highest BCUT2D eigenvalue weighted by Gasteiger charge is 2.23. The van der Waals surface area contributed by atoms with Crippen LogP contribution >= 0.6 is 0 Å². The molecule has 0 saturated carbocycles. The second-order valence-corrected chi connectivity index (χ2v) is 4.07. The highest BCUT2D eigenvalue weighted by molar-refractivity contribution is 5.81. The summed E-state index contributed by atoms with van der Waals surface area (Å²) in [5.74, 6) is -0.0144. The molecule has 1 saturated heterocycles. The molecule has 1 aliphatic rings. The van der Waals surface area contributed by atoms with Crippen LogP contribution in [0.15, 0.2) is 17.2 Å². The summed E-state index contributed by atoms with van der Waals surface area (Å²) >= 11 is 0. The lowest BCUT2D eigenvalue weighted by Crippen LogP contribution is -2.29. The molecule has 1 atom stereocenters. The lowest BCUT2D eigenvalue weighted by Gasteiger charge is -2.08. The Kier molecular flexibility index (Phi) is 3.14. The molecule has 1 aliphatic heterocycles. The van der Waals surface area contributed by atoms with Crippen molar-refractivity contribution in [3.05, 3.63) is 28.4 Å². The Labute approximate surface area is 93.1 Å². The van der Waals surface area contributed by atoms with Crippen molar-refractivity contribution in [2.24, 2.45) is 5.92 Å². The van der Waals surface area contributed by atoms with Crippen molar-refractivity contribution in [3.8, 4) is 0 Å². The van der Waals surface area contributed by atoms with Gasteiger partial charge in [-0.1, -0.05) is 0 Å². The summed E-state index contributed by atoms with van der Waals surface area (Å²) in [7, 11) is 0. The first-order valence-corrected chi connectivity index (χ1v) is 5.30. The SMILES string of the molecule is Cc1cnc(=O)n(CC(=O)C2CCOC2)c1. The molecule has 1 aromatic rings. The van der Waals surface area contributed by atoms with E-state index in [1.54, 1.807) is 6.20 Å². The average Bonchev–Trinajstić information content (AvgIpc) is 2.76. The van der Waals surface area contributed by atoms with E-state index >= 15 is 0 Å². The molecule has 5 nitrogen and oxygen atoms in total. The molecule has 0 N–H and O–H groups in total. The van der Waals surface area contributed by atoms with Gasteiger partial charge in [-0.3, -0.25) is 9.36 Å². The van der Waals surface area contributed by atoms with E-state index < -0.39 is 0 Å². The first-order valence-electron chi connectivity index (χ1n) is 5.30. The molecule has 1 aromatic heterocycles. The smallest absolute Gasteiger partial charge is 0.347 e. The second kappa shape index (κ2) is 4.57. The third-order valence-electron chi connectivity index (χ3n) is 2.70. The first-order chi connectivity index (χ1) is 7.66. The van der Waals surface area contributed by atoms with Gasteiger partial charge in [-0.25, -0.2) is 9.78 Å². The lowest BCUT2D eigenvalue weighted by molar-refractivity contribution is -0.123. The number of hydrogen-bond acceptors (Lipinski definition) is 4. The molecular formula is C11H14N2O3. The highest BCUT2D eigenvalue weighted by Crippen LogP contribution is 2.13. The Bertz CT molecular complexity index is 447. The Morgan fingerprint density at radius 3 is 3.19 bits per heavy atom. The van der Waals surface area contributed by atoms with Crippen LogP contribution in [0.2, 0.25) is 0 Å². The standard InChI is InChI=1S/C11H14N2O3/c1-8-4-12-11(15)13(5-8)6-10(14)9-2-3-16-7-9/h4-5,9H,2-3,6-7H2,1H3. The molecule has 16 heavy (non-hydrogen) atoms. The third-order valence-corrected chi connectivity index (χ3v) is 2.70. The van der Waals surface area contributed by atoms with Crippen molar-refractivity contribution >= 4 is 5.78 Å². The fourth-order valence-corrected chi connectivity index (χ4v) is 1.76. The number of aryl methyl sites for hydroxylation is 1. The van der Waals surface area contributed by atoms with Crippen LogP contribution in [-0.4, -0.2) is 28.5 Å². The molecule has 0 aromatic carbocycles. The van der Waals surface area contributed by atoms with Crippen LogP contribution in [0.25, 0.3) is 0 Å². The van der Waals surface area contributed by atoms with Crippen molar-refractivity contribution < 1.29 is 9.53 Å². The summed E-state index contributed by atoms with van der Waals surface area (Å²) in [5, 5.41) is 0. The molecule has 5 heteroatoms. The summed E-state index contributed by atoms with van der Waals surface area (Å²) in [6, 6.07) is 0. The predicted molar refractivity (Wildman–Crippen MR) is 57.2 cm³/mol. The summed E-state index contributed by atoms with van der Waals surface area (Å²) in [5.41, 5.74) is 0.493. The van der Waals surface area contributed by atoms with Gasteiger partial charge in [0.25, 0.3) is 0 Å². The molecule has 0 radical (unpaired) electrons. The minimum atomic E-state index is -0.377. The highest BCUT2D eigenvalue weighted by atomic mass is 16.5. The van der Waals surface area contributed by atoms with Crippen LogP contribution in [0, 0.1) is 12.8 Å². The number of Topliss-reactive ketones (excluding diaryl/α,β-unsaturated/α-hetero) is 1. The molecule has 0 amide bonds. The second-order valence-electron chi connectivity index (χ2n) is 4.07. The number of carbonyl (C=O) groups is 1. The molecule has 2 heterocycles. The number of carbonyl (C=O) groups excluding carboxylic acids is 1. The maximum atomic E-state index is 11.8. The largest absolute Gasteiger partial charge is 0.381 e. The topological polar surface area (TPSA) is 61.2 Å². The minimum Gasteiger partial charge on any atom is -0.381 e. The van der Waals surface area contributed by atoms with Gasteiger partial charge in [0.15, 0.2) is 5.78 Å². The number of hydrogen-bond donors (Lipinski definition) is 0. The van der Waals surface area contributed by atoms with Gasteiger partial charge in [0.1, 0.15) is 0 Å². The van der Waals surface area contributed by atoms with Crippen LogP contribution < -0.4 is 5.69 Å². The zero-order valence-electron chi connectivity index (χ0n) is 9.18. The van der Waals surface area contributed by atoms with Crippen molar-refractivity contribution in [1.82, 2.24) is 9.55 Å². The molecular weight excluding hydrogens is 208 g/mol. The molecule has 1 unspecified atom stereocenters. The van der Waals surface area contributed by atoms with E-state index in [2.05, 4.69) is 4.98 Å². The molecule has 0 bridgehead atoms. The number of rotatable bonds is 3. The fraction of sp³-hybridized carbons (Fsp3) is 0.545. The van der Waals surface area contributed by atoms with Crippen LogP contribution in [-0.2, 0) is 16.1 Å². The van der Waals surface area contributed by atoms with Crippen LogP contribution in [0.3, 0.4) is 0 Å². The zero-order valence-corrected chi connectivity index (χ0v) is 9.18. The van der Waals surface area contributed by atoms with Crippen LogP contribution in [0.1, 0.15) is 12.0 Å². The van der Waals surface area contributed by atoms with E-state index in [1.165, 1.54) is 10.8 Å². The van der Waals surface area contributed by atoms with Gasteiger partial charge in [0, 0.05) is 24.9 Å². The Hall–Kier alpha value is -1.49. The van der Waals surface area contributed by atoms with E-state index in [0.29, 0.717) is 13.2 Å². The van der Waals surface area contributed by atoms with Crippen molar-refractivity contribution in [1.29, 1.82) is 0 Å². The summed E-state index contributed by atoms with van der Waals surface area (Å²) in [6.07, 6.45) is 3.91. The van der Waals surface area contributed by atoms with Gasteiger partial charge >= 0.3 is 5.69 Å². The van der Waals surface area contributed by atoms with Gasteiger partial charge in [-0.15, -0.1) is 0 Å². The quantitative estimate of drug-likeness (QED) is 0.730. The number of ether oxygens (including phenoxy) is 1. The summed E-state index contributed by atoms with van der Waals surface area (Å²) in [4.78, 5) is 26.9. The van der Waals surface area contributed by atoms with Crippen LogP contribution in [0.5, 0.6) is 0 Å². The van der Waals surface area contributed by atoms with Gasteiger partial charge in [-0.2, -0.15) is 0 Å². The number of aromatic nitrogens is 2. The molecule has 2 rings (SSSR count). The third kappa shape index (κ3) is 2.36. The minimum absolute atomic E-state index is 0.0481. The molecule has 86 valence electrons. The Morgan fingerprint density at radius 1 is 1.69 bits per heavy atom. The van der Waals surface area contributed by atoms with E-state index in [4.69, 9.17) is 4.74 Å². The predicted octanol–water partition coefficient (Wildman–Crippen LogP) is 0.157. The lowest BCUT2D eigenvalue weighted by atomic mass is 10.0. The Balaban J connectivity index is 2.11. The van der Waals surface area contributed by atoms with Crippen LogP contribution in [0.4, 0.5) is 0 Å². The summed E-state index contributed by atoms with van der Waals surface area (Å²) < 4.78 is 6.50. The van der Waals surface area contributed by atoms with Gasteiger partial charge in [0.2, 0.25) is 0 Å². The maximum Gasteiger partial charge on any atom is 0.347 e. The van der Waals surface area contributed by atoms with Gasteiger partial charge < -0.3 is 4.74 Å². The molecule has 0 aliphatic carbocycles. The maximum absolute atomic E-state index is 11.8. The van der Waals surface area contributed by atoms with Gasteiger partial charge in [-0.05, 0) is 18.9 Å². The molecule has 1 fully saturated rings. The van der Waals surface area contributed by atoms with Crippen molar-refractivity contribution in [3.63, 3.8) is 0 Å². The number of ketones is 1. The van der Waals surface area contributed by atoms with Gasteiger partial charge in [0.05, 0.1) is 13.2 Å². The monoisotopic (exact) mass is 222 g/mol.